The summed E-state index contributed by atoms with van der Waals surface area (Å²) < 4.78 is 39.9. The molecule has 0 saturated heterocycles. The molecule has 0 N–H and O–H groups in total. The molecule has 3 aliphatic carbocycles. The first-order valence-corrected chi connectivity index (χ1v) is 25.5. The summed E-state index contributed by atoms with van der Waals surface area (Å²) in [6, 6.07) is 91.5. The van der Waals surface area contributed by atoms with E-state index in [-0.39, 0.29) is 24.2 Å². The fourth-order valence-electron chi connectivity index (χ4n) is 13.8. The highest BCUT2D eigenvalue weighted by molar-refractivity contribution is 6.14. The Labute approximate surface area is 436 Å². The van der Waals surface area contributed by atoms with Gasteiger partial charge in [0.1, 0.15) is 0 Å². The number of rotatable bonds is 6. The minimum atomic E-state index is -1.06. The number of para-hydroxylation sites is 2. The minimum absolute atomic E-state index is 0.0169. The van der Waals surface area contributed by atoms with E-state index >= 15 is 0 Å². The maximum Gasteiger partial charge on any atom is 0.0725 e. The average molecular weight is 943 g/mol. The van der Waals surface area contributed by atoms with E-state index in [0.29, 0.717) is 11.1 Å². The average Bonchev–Trinajstić information content (AvgIpc) is 4.20. The topological polar surface area (TPSA) is 8.17 Å². The molecule has 1 spiro atoms. The monoisotopic (exact) mass is 942 g/mol. The summed E-state index contributed by atoms with van der Waals surface area (Å²) in [4.78, 5) is 2.45. The molecule has 74 heavy (non-hydrogen) atoms. The van der Waals surface area contributed by atoms with Gasteiger partial charge < -0.3 is 9.47 Å². The lowest BCUT2D eigenvalue weighted by atomic mass is 9.61. The summed E-state index contributed by atoms with van der Waals surface area (Å²) in [6.07, 6.45) is 0. The van der Waals surface area contributed by atoms with E-state index in [4.69, 9.17) is 1.37 Å². The van der Waals surface area contributed by atoms with E-state index in [2.05, 4.69) is 246 Å². The van der Waals surface area contributed by atoms with Crippen molar-refractivity contribution in [1.29, 1.82) is 0 Å². The van der Waals surface area contributed by atoms with Gasteiger partial charge in [-0.15, -0.1) is 0 Å². The summed E-state index contributed by atoms with van der Waals surface area (Å²) in [6.45, 7) is 0. The van der Waals surface area contributed by atoms with Crippen molar-refractivity contribution in [2.75, 3.05) is 4.90 Å². The highest BCUT2D eigenvalue weighted by Crippen LogP contribution is 2.63. The molecule has 1 aromatic heterocycles. The Hall–Kier alpha value is -9.50. The quantitative estimate of drug-likeness (QED) is 0.161. The summed E-state index contributed by atoms with van der Waals surface area (Å²) in [5, 5.41) is 4.41. The van der Waals surface area contributed by atoms with E-state index in [0.717, 1.165) is 83.3 Å². The van der Waals surface area contributed by atoms with Gasteiger partial charge in [0, 0.05) is 33.2 Å². The highest BCUT2D eigenvalue weighted by Gasteiger charge is 2.51. The lowest BCUT2D eigenvalue weighted by molar-refractivity contribution is 0.768. The number of fused-ring (bicyclic) bond motifs is 15. The standard InChI is InChI=1S/C72H46N2/c1-4-21-47(22-5-1)71(48-23-6-2-7-24-48)61-34-15-10-29-54(61)56-41-39-50(45-66(56)71)73(51-40-42-58-57-31-14-19-38-67(57)74(69(58)46-51)49-25-8-3-9-26-49)68-44-43-65-70-59(32-20-33-60(68)70)55-30-13-18-37-64(55)72(65)62-35-16-11-27-52(62)53-28-12-17-36-63(53)72/h1-46H/i11D,16D,27D,35D. The summed E-state index contributed by atoms with van der Waals surface area (Å²) >= 11 is 0. The number of hydrogen-bond donors (Lipinski definition) is 0. The van der Waals surface area contributed by atoms with E-state index in [1.54, 1.807) is 0 Å². The van der Waals surface area contributed by atoms with Gasteiger partial charge in [0.15, 0.2) is 0 Å². The van der Waals surface area contributed by atoms with Gasteiger partial charge in [-0.25, -0.2) is 0 Å². The fraction of sp³-hybridized carbons (Fsp3) is 0.0278. The highest BCUT2D eigenvalue weighted by atomic mass is 15.1. The van der Waals surface area contributed by atoms with Crippen molar-refractivity contribution in [2.24, 2.45) is 0 Å². The van der Waals surface area contributed by atoms with Gasteiger partial charge >= 0.3 is 0 Å². The molecule has 0 amide bonds. The molecule has 13 aromatic rings. The molecule has 1 unspecified atom stereocenters. The van der Waals surface area contributed by atoms with Gasteiger partial charge in [-0.1, -0.05) is 230 Å². The van der Waals surface area contributed by atoms with E-state index < -0.39 is 10.8 Å². The van der Waals surface area contributed by atoms with Gasteiger partial charge in [-0.2, -0.15) is 0 Å². The molecule has 0 saturated carbocycles. The minimum Gasteiger partial charge on any atom is -0.310 e. The number of benzene rings is 12. The first-order chi connectivity index (χ1) is 38.4. The zero-order chi connectivity index (χ0) is 52.0. The number of anilines is 3. The molecular formula is C72H46N2. The van der Waals surface area contributed by atoms with Crippen molar-refractivity contribution in [3.8, 4) is 39.1 Å². The molecule has 1 heterocycles. The summed E-state index contributed by atoms with van der Waals surface area (Å²) in [7, 11) is 0. The van der Waals surface area contributed by atoms with Gasteiger partial charge in [0.25, 0.3) is 0 Å². The van der Waals surface area contributed by atoms with E-state index in [1.807, 2.05) is 18.2 Å². The van der Waals surface area contributed by atoms with Crippen molar-refractivity contribution in [3.63, 3.8) is 0 Å². The van der Waals surface area contributed by atoms with Crippen LogP contribution in [0.2, 0.25) is 0 Å². The van der Waals surface area contributed by atoms with Crippen molar-refractivity contribution in [3.05, 3.63) is 323 Å². The molecule has 0 fully saturated rings. The van der Waals surface area contributed by atoms with Crippen molar-refractivity contribution < 1.29 is 5.48 Å². The first kappa shape index (κ1) is 37.3. The third kappa shape index (κ3) is 5.33. The van der Waals surface area contributed by atoms with Crippen LogP contribution in [-0.4, -0.2) is 4.57 Å². The Morgan fingerprint density at radius 2 is 0.851 bits per heavy atom. The van der Waals surface area contributed by atoms with Crippen LogP contribution in [0.3, 0.4) is 0 Å². The fourth-order valence-corrected chi connectivity index (χ4v) is 13.8. The molecule has 0 bridgehead atoms. The van der Waals surface area contributed by atoms with Crippen LogP contribution in [0.1, 0.15) is 50.0 Å². The molecule has 0 aliphatic heterocycles. The number of aromatic nitrogens is 1. The zero-order valence-corrected chi connectivity index (χ0v) is 40.1. The van der Waals surface area contributed by atoms with Crippen LogP contribution in [0.15, 0.2) is 279 Å². The third-order valence-electron chi connectivity index (χ3n) is 16.6. The number of nitrogens with zero attached hydrogens (tertiary/aromatic N) is 2. The summed E-state index contributed by atoms with van der Waals surface area (Å²) in [5.41, 5.74) is 18.9. The Morgan fingerprint density at radius 1 is 0.324 bits per heavy atom. The smallest absolute Gasteiger partial charge is 0.0725 e. The molecule has 2 nitrogen and oxygen atoms in total. The lowest BCUT2D eigenvalue weighted by Gasteiger charge is -2.41. The normalized spacial score (nSPS) is 15.9. The molecule has 344 valence electrons. The number of hydrogen-bond acceptors (Lipinski definition) is 1. The van der Waals surface area contributed by atoms with Crippen LogP contribution >= 0.6 is 0 Å². The predicted molar refractivity (Wildman–Crippen MR) is 307 cm³/mol. The van der Waals surface area contributed by atoms with Crippen molar-refractivity contribution in [2.45, 2.75) is 10.8 Å². The van der Waals surface area contributed by atoms with Gasteiger partial charge in [-0.05, 0) is 132 Å². The molecule has 3 aliphatic rings. The van der Waals surface area contributed by atoms with Crippen molar-refractivity contribution in [1.82, 2.24) is 4.57 Å². The lowest BCUT2D eigenvalue weighted by Crippen LogP contribution is -2.32. The molecule has 2 heteroatoms. The Morgan fingerprint density at radius 3 is 1.58 bits per heavy atom. The Balaban J connectivity index is 1.03. The first-order valence-electron chi connectivity index (χ1n) is 27.5. The van der Waals surface area contributed by atoms with Gasteiger partial charge in [0.2, 0.25) is 0 Å². The van der Waals surface area contributed by atoms with Crippen LogP contribution in [-0.2, 0) is 10.8 Å². The van der Waals surface area contributed by atoms with Crippen LogP contribution in [0.5, 0.6) is 0 Å². The second kappa shape index (κ2) is 15.5. The maximum absolute atomic E-state index is 9.85. The Bertz CT molecular complexity index is 4640. The summed E-state index contributed by atoms with van der Waals surface area (Å²) in [5.74, 6) is 0. The maximum atomic E-state index is 9.85. The van der Waals surface area contributed by atoms with Crippen molar-refractivity contribution >= 4 is 49.6 Å². The predicted octanol–water partition coefficient (Wildman–Crippen LogP) is 18.1. The third-order valence-corrected chi connectivity index (χ3v) is 16.6. The van der Waals surface area contributed by atoms with Crippen LogP contribution in [0.4, 0.5) is 17.1 Å². The SMILES string of the molecule is [2H]c1c([2H])c([2H])c2c(c1[2H])-c1ccccc1C21c2ccccc2-c2cccc3c(N(c4ccc5c(c4)C(c4ccccc4)(c4ccccc4)c4ccccc4-5)c4ccc5c6ccccc6n(-c6ccccc6)c5c4)ccc1c23. The van der Waals surface area contributed by atoms with Crippen LogP contribution in [0.25, 0.3) is 71.6 Å². The molecule has 0 radical (unpaired) electrons. The van der Waals surface area contributed by atoms with Gasteiger partial charge in [-0.3, -0.25) is 0 Å². The van der Waals surface area contributed by atoms with E-state index in [1.165, 1.54) is 38.8 Å². The van der Waals surface area contributed by atoms with Crippen LogP contribution < -0.4 is 4.90 Å². The molecule has 1 atom stereocenters. The Kier molecular flexibility index (Phi) is 7.81. The molecule has 16 rings (SSSR count). The largest absolute Gasteiger partial charge is 0.310 e. The molecule has 12 aromatic carbocycles. The second-order valence-corrected chi connectivity index (χ2v) is 19.9. The zero-order valence-electron chi connectivity index (χ0n) is 44.1. The molecular weight excluding hydrogens is 893 g/mol. The van der Waals surface area contributed by atoms with Gasteiger partial charge in [0.05, 0.1) is 33.0 Å². The van der Waals surface area contributed by atoms with E-state index in [9.17, 15) is 4.11 Å². The van der Waals surface area contributed by atoms with Crippen LogP contribution in [0, 0.1) is 0 Å². The second-order valence-electron chi connectivity index (χ2n) is 19.9.